The summed E-state index contributed by atoms with van der Waals surface area (Å²) < 4.78 is 11.0. The molecule has 0 radical (unpaired) electrons. The highest BCUT2D eigenvalue weighted by atomic mass is 16.5. The molecular weight excluding hydrogens is 292 g/mol. The first kappa shape index (κ1) is 15.8. The minimum Gasteiger partial charge on any atom is -0.468 e. The minimum absolute atomic E-state index is 0.0308. The monoisotopic (exact) mass is 314 g/mol. The molecule has 1 N–H and O–H groups in total. The Morgan fingerprint density at radius 2 is 1.96 bits per heavy atom. The number of carbonyl (C=O) groups is 1. The average Bonchev–Trinajstić information content (AvgIpc) is 3.11. The van der Waals surface area contributed by atoms with Crippen LogP contribution in [-0.4, -0.2) is 43.7 Å². The van der Waals surface area contributed by atoms with Crippen LogP contribution in [0.1, 0.15) is 27.7 Å². The van der Waals surface area contributed by atoms with Gasteiger partial charge in [0.15, 0.2) is 0 Å². The molecular formula is C18H22N2O3. The average molecular weight is 314 g/mol. The molecule has 1 aliphatic heterocycles. The Morgan fingerprint density at radius 3 is 2.61 bits per heavy atom. The predicted molar refractivity (Wildman–Crippen MR) is 87.4 cm³/mol. The van der Waals surface area contributed by atoms with E-state index in [1.165, 1.54) is 0 Å². The van der Waals surface area contributed by atoms with E-state index in [1.54, 1.807) is 6.26 Å². The lowest BCUT2D eigenvalue weighted by Crippen LogP contribution is -2.43. The van der Waals surface area contributed by atoms with Crippen LogP contribution in [0.3, 0.4) is 0 Å². The van der Waals surface area contributed by atoms with Crippen molar-refractivity contribution < 1.29 is 13.9 Å². The van der Waals surface area contributed by atoms with Crippen LogP contribution in [0.15, 0.2) is 47.1 Å². The molecule has 1 fully saturated rings. The molecule has 5 nitrogen and oxygen atoms in total. The smallest absolute Gasteiger partial charge is 0.251 e. The van der Waals surface area contributed by atoms with Gasteiger partial charge in [-0.25, -0.2) is 0 Å². The molecule has 1 aromatic heterocycles. The van der Waals surface area contributed by atoms with Gasteiger partial charge in [-0.15, -0.1) is 0 Å². The number of aryl methyl sites for hydroxylation is 1. The molecule has 122 valence electrons. The molecule has 0 unspecified atom stereocenters. The number of ether oxygens (including phenoxy) is 1. The second-order valence-electron chi connectivity index (χ2n) is 5.76. The van der Waals surface area contributed by atoms with Gasteiger partial charge in [0, 0.05) is 25.2 Å². The first-order valence-corrected chi connectivity index (χ1v) is 7.94. The highest BCUT2D eigenvalue weighted by molar-refractivity contribution is 5.94. The van der Waals surface area contributed by atoms with Crippen molar-refractivity contribution in [1.82, 2.24) is 10.2 Å². The van der Waals surface area contributed by atoms with Crippen molar-refractivity contribution in [3.8, 4) is 0 Å². The molecule has 1 aliphatic rings. The van der Waals surface area contributed by atoms with E-state index in [1.807, 2.05) is 43.3 Å². The number of morpholine rings is 1. The third-order valence-electron chi connectivity index (χ3n) is 4.13. The van der Waals surface area contributed by atoms with Crippen LogP contribution in [-0.2, 0) is 4.74 Å². The topological polar surface area (TPSA) is 54.7 Å². The molecule has 23 heavy (non-hydrogen) atoms. The summed E-state index contributed by atoms with van der Waals surface area (Å²) in [5.41, 5.74) is 1.82. The fourth-order valence-electron chi connectivity index (χ4n) is 2.78. The molecule has 3 rings (SSSR count). The minimum atomic E-state index is -0.0604. The fraction of sp³-hybridized carbons (Fsp3) is 0.389. The van der Waals surface area contributed by atoms with E-state index >= 15 is 0 Å². The van der Waals surface area contributed by atoms with Crippen LogP contribution < -0.4 is 5.32 Å². The van der Waals surface area contributed by atoms with E-state index in [2.05, 4.69) is 10.2 Å². The van der Waals surface area contributed by atoms with Crippen LogP contribution in [0.25, 0.3) is 0 Å². The van der Waals surface area contributed by atoms with Gasteiger partial charge < -0.3 is 14.5 Å². The number of benzene rings is 1. The van der Waals surface area contributed by atoms with E-state index in [4.69, 9.17) is 9.15 Å². The van der Waals surface area contributed by atoms with Crippen LogP contribution in [0.5, 0.6) is 0 Å². The second kappa shape index (κ2) is 7.44. The summed E-state index contributed by atoms with van der Waals surface area (Å²) in [4.78, 5) is 14.6. The number of hydrogen-bond acceptors (Lipinski definition) is 4. The van der Waals surface area contributed by atoms with Crippen molar-refractivity contribution >= 4 is 5.91 Å². The summed E-state index contributed by atoms with van der Waals surface area (Å²) in [6.07, 6.45) is 1.67. The van der Waals surface area contributed by atoms with Crippen LogP contribution in [0.2, 0.25) is 0 Å². The van der Waals surface area contributed by atoms with Crippen molar-refractivity contribution in [2.75, 3.05) is 32.8 Å². The number of furan rings is 1. The quantitative estimate of drug-likeness (QED) is 0.921. The summed E-state index contributed by atoms with van der Waals surface area (Å²) in [6.45, 7) is 5.62. The van der Waals surface area contributed by atoms with Crippen LogP contribution in [0.4, 0.5) is 0 Å². The Labute approximate surface area is 136 Å². The molecule has 1 amide bonds. The van der Waals surface area contributed by atoms with Gasteiger partial charge in [0.1, 0.15) is 5.76 Å². The van der Waals surface area contributed by atoms with E-state index in [0.29, 0.717) is 25.3 Å². The van der Waals surface area contributed by atoms with Gasteiger partial charge >= 0.3 is 0 Å². The Morgan fingerprint density at radius 1 is 1.22 bits per heavy atom. The normalized spacial score (nSPS) is 16.9. The SMILES string of the molecule is Cc1ccc(C(=O)NC[C@@H](c2ccco2)N2CCOCC2)cc1. The van der Waals surface area contributed by atoms with E-state index in [-0.39, 0.29) is 11.9 Å². The lowest BCUT2D eigenvalue weighted by atomic mass is 10.1. The summed E-state index contributed by atoms with van der Waals surface area (Å²) in [7, 11) is 0. The molecule has 0 aliphatic carbocycles. The van der Waals surface area contributed by atoms with Crippen molar-refractivity contribution in [2.24, 2.45) is 0 Å². The van der Waals surface area contributed by atoms with Gasteiger partial charge in [-0.1, -0.05) is 17.7 Å². The second-order valence-corrected chi connectivity index (χ2v) is 5.76. The molecule has 2 heterocycles. The van der Waals surface area contributed by atoms with Crippen molar-refractivity contribution in [2.45, 2.75) is 13.0 Å². The Balaban J connectivity index is 1.66. The Hall–Kier alpha value is -2.11. The highest BCUT2D eigenvalue weighted by Crippen LogP contribution is 2.21. The number of rotatable bonds is 5. The molecule has 2 aromatic rings. The van der Waals surface area contributed by atoms with Crippen molar-refractivity contribution in [1.29, 1.82) is 0 Å². The molecule has 1 atom stereocenters. The number of hydrogen-bond donors (Lipinski definition) is 1. The van der Waals surface area contributed by atoms with E-state index in [9.17, 15) is 4.79 Å². The Kier molecular flexibility index (Phi) is 5.10. The summed E-state index contributed by atoms with van der Waals surface area (Å²) in [5.74, 6) is 0.811. The lowest BCUT2D eigenvalue weighted by molar-refractivity contribution is 0.0118. The number of nitrogens with zero attached hydrogens (tertiary/aromatic N) is 1. The number of amides is 1. The zero-order chi connectivity index (χ0) is 16.1. The number of carbonyl (C=O) groups excluding carboxylic acids is 1. The van der Waals surface area contributed by atoms with E-state index < -0.39 is 0 Å². The Bertz CT molecular complexity index is 616. The third-order valence-corrected chi connectivity index (χ3v) is 4.13. The first-order chi connectivity index (χ1) is 11.2. The maximum Gasteiger partial charge on any atom is 0.251 e. The lowest BCUT2D eigenvalue weighted by Gasteiger charge is -2.33. The standard InChI is InChI=1S/C18H22N2O3/c1-14-4-6-15(7-5-14)18(21)19-13-16(17-3-2-10-23-17)20-8-11-22-12-9-20/h2-7,10,16H,8-9,11-13H2,1H3,(H,19,21)/t16-/m0/s1. The van der Waals surface area contributed by atoms with Crippen molar-refractivity contribution in [3.63, 3.8) is 0 Å². The van der Waals surface area contributed by atoms with Crippen LogP contribution in [0, 0.1) is 6.92 Å². The van der Waals surface area contributed by atoms with Gasteiger partial charge in [-0.05, 0) is 31.2 Å². The van der Waals surface area contributed by atoms with Gasteiger partial charge in [-0.3, -0.25) is 9.69 Å². The van der Waals surface area contributed by atoms with Gasteiger partial charge in [0.05, 0.1) is 25.5 Å². The molecule has 1 saturated heterocycles. The molecule has 0 bridgehead atoms. The molecule has 1 aromatic carbocycles. The molecule has 0 saturated carbocycles. The predicted octanol–water partition coefficient (Wildman–Crippen LogP) is 2.39. The highest BCUT2D eigenvalue weighted by Gasteiger charge is 2.25. The summed E-state index contributed by atoms with van der Waals surface area (Å²) in [5, 5.41) is 3.02. The largest absolute Gasteiger partial charge is 0.468 e. The maximum atomic E-state index is 12.3. The van der Waals surface area contributed by atoms with Crippen LogP contribution >= 0.6 is 0 Å². The summed E-state index contributed by atoms with van der Waals surface area (Å²) in [6, 6.07) is 11.5. The number of nitrogens with one attached hydrogen (secondary N) is 1. The molecule has 5 heteroatoms. The zero-order valence-corrected chi connectivity index (χ0v) is 13.3. The van der Waals surface area contributed by atoms with Crippen molar-refractivity contribution in [3.05, 3.63) is 59.5 Å². The zero-order valence-electron chi connectivity index (χ0n) is 13.3. The fourth-order valence-corrected chi connectivity index (χ4v) is 2.78. The first-order valence-electron chi connectivity index (χ1n) is 7.94. The maximum absolute atomic E-state index is 12.3. The van der Waals surface area contributed by atoms with Gasteiger partial charge in [0.25, 0.3) is 5.91 Å². The summed E-state index contributed by atoms with van der Waals surface area (Å²) >= 11 is 0. The molecule has 0 spiro atoms. The van der Waals surface area contributed by atoms with E-state index in [0.717, 1.165) is 24.4 Å². The van der Waals surface area contributed by atoms with Gasteiger partial charge in [0.2, 0.25) is 0 Å². The third kappa shape index (κ3) is 4.00. The van der Waals surface area contributed by atoms with Gasteiger partial charge in [-0.2, -0.15) is 0 Å².